The van der Waals surface area contributed by atoms with Crippen LogP contribution in [0.2, 0.25) is 0 Å². The fourth-order valence-corrected chi connectivity index (χ4v) is 1.20. The molecule has 0 spiro atoms. The first kappa shape index (κ1) is 7.03. The normalized spacial score (nSPS) is 23.3. The molecule has 0 aromatic rings. The molecule has 1 rings (SSSR count). The Morgan fingerprint density at radius 3 is 2.67 bits per heavy atom. The second-order valence-corrected chi connectivity index (χ2v) is 2.81. The van der Waals surface area contributed by atoms with Gasteiger partial charge in [0.25, 0.3) is 0 Å². The van der Waals surface area contributed by atoms with Gasteiger partial charge in [0.05, 0.1) is 6.61 Å². The van der Waals surface area contributed by atoms with Crippen LogP contribution in [-0.2, 0) is 4.74 Å². The van der Waals surface area contributed by atoms with Crippen LogP contribution in [0.1, 0.15) is 19.3 Å². The summed E-state index contributed by atoms with van der Waals surface area (Å²) >= 11 is 0. The molecule has 1 fully saturated rings. The molecule has 0 aliphatic heterocycles. The van der Waals surface area contributed by atoms with E-state index in [0.29, 0.717) is 6.04 Å². The highest BCUT2D eigenvalue weighted by Gasteiger charge is 2.23. The van der Waals surface area contributed by atoms with E-state index in [-0.39, 0.29) is 0 Å². The Hall–Kier alpha value is -0.0800. The van der Waals surface area contributed by atoms with Crippen molar-refractivity contribution in [3.63, 3.8) is 0 Å². The summed E-state index contributed by atoms with van der Waals surface area (Å²) in [6, 6.07) is 0.295. The molecule has 9 heavy (non-hydrogen) atoms. The summed E-state index contributed by atoms with van der Waals surface area (Å²) in [5, 5.41) is 0. The van der Waals surface area contributed by atoms with Gasteiger partial charge in [-0.2, -0.15) is 0 Å². The number of hydrogen-bond donors (Lipinski definition) is 1. The first-order chi connectivity index (χ1) is 4.34. The maximum absolute atomic E-state index is 5.76. The molecule has 0 heterocycles. The molecule has 2 heteroatoms. The molecule has 1 atom stereocenters. The van der Waals surface area contributed by atoms with E-state index in [1.54, 1.807) is 7.11 Å². The summed E-state index contributed by atoms with van der Waals surface area (Å²) in [4.78, 5) is 0. The minimum absolute atomic E-state index is 0.295. The Morgan fingerprint density at radius 2 is 2.33 bits per heavy atom. The average Bonchev–Trinajstić information content (AvgIpc) is 1.60. The lowest BCUT2D eigenvalue weighted by molar-refractivity contribution is 0.130. The summed E-state index contributed by atoms with van der Waals surface area (Å²) in [5.41, 5.74) is 5.76. The summed E-state index contributed by atoms with van der Waals surface area (Å²) in [7, 11) is 1.71. The topological polar surface area (TPSA) is 35.2 Å². The molecule has 0 aromatic heterocycles. The van der Waals surface area contributed by atoms with E-state index < -0.39 is 0 Å². The summed E-state index contributed by atoms with van der Waals surface area (Å²) in [6.45, 7) is 0.727. The zero-order valence-corrected chi connectivity index (χ0v) is 5.97. The third kappa shape index (κ3) is 1.66. The predicted molar refractivity (Wildman–Crippen MR) is 37.2 cm³/mol. The summed E-state index contributed by atoms with van der Waals surface area (Å²) in [5.74, 6) is 0.755. The van der Waals surface area contributed by atoms with Crippen LogP contribution in [0, 0.1) is 5.92 Å². The third-order valence-electron chi connectivity index (χ3n) is 2.11. The highest BCUT2D eigenvalue weighted by atomic mass is 16.5. The summed E-state index contributed by atoms with van der Waals surface area (Å²) < 4.78 is 4.94. The second kappa shape index (κ2) is 3.18. The smallest absolute Gasteiger partial charge is 0.0616 e. The lowest BCUT2D eigenvalue weighted by atomic mass is 9.80. The van der Waals surface area contributed by atoms with E-state index in [0.717, 1.165) is 12.5 Å². The van der Waals surface area contributed by atoms with E-state index in [2.05, 4.69) is 0 Å². The largest absolute Gasteiger partial charge is 0.383 e. The fourth-order valence-electron chi connectivity index (χ4n) is 1.20. The molecular weight excluding hydrogens is 114 g/mol. The molecule has 1 aliphatic carbocycles. The molecule has 0 saturated heterocycles. The van der Waals surface area contributed by atoms with E-state index in [1.165, 1.54) is 19.3 Å². The number of rotatable bonds is 3. The maximum atomic E-state index is 5.76. The zero-order chi connectivity index (χ0) is 6.69. The SMILES string of the molecule is COCC(N)C1CCC1. The van der Waals surface area contributed by atoms with E-state index in [4.69, 9.17) is 10.5 Å². The van der Waals surface area contributed by atoms with Gasteiger partial charge in [0.2, 0.25) is 0 Å². The molecule has 1 unspecified atom stereocenters. The number of ether oxygens (including phenoxy) is 1. The lowest BCUT2D eigenvalue weighted by Crippen LogP contribution is -2.37. The predicted octanol–water partition coefficient (Wildman–Crippen LogP) is 0.760. The van der Waals surface area contributed by atoms with Crippen molar-refractivity contribution in [2.45, 2.75) is 25.3 Å². The van der Waals surface area contributed by atoms with Crippen LogP contribution in [0.3, 0.4) is 0 Å². The number of methoxy groups -OCH3 is 1. The minimum Gasteiger partial charge on any atom is -0.383 e. The fraction of sp³-hybridized carbons (Fsp3) is 1.00. The van der Waals surface area contributed by atoms with Crippen molar-refractivity contribution in [2.75, 3.05) is 13.7 Å². The van der Waals surface area contributed by atoms with E-state index >= 15 is 0 Å². The van der Waals surface area contributed by atoms with Crippen molar-refractivity contribution >= 4 is 0 Å². The van der Waals surface area contributed by atoms with Crippen LogP contribution < -0.4 is 5.73 Å². The van der Waals surface area contributed by atoms with Gasteiger partial charge in [-0.3, -0.25) is 0 Å². The zero-order valence-electron chi connectivity index (χ0n) is 5.97. The van der Waals surface area contributed by atoms with Gasteiger partial charge < -0.3 is 10.5 Å². The van der Waals surface area contributed by atoms with Crippen molar-refractivity contribution in [2.24, 2.45) is 11.7 Å². The van der Waals surface area contributed by atoms with Gasteiger partial charge in [-0.05, 0) is 18.8 Å². The van der Waals surface area contributed by atoms with Crippen LogP contribution in [0.4, 0.5) is 0 Å². The Balaban J connectivity index is 2.08. The van der Waals surface area contributed by atoms with Crippen molar-refractivity contribution in [1.82, 2.24) is 0 Å². The van der Waals surface area contributed by atoms with Gasteiger partial charge in [0, 0.05) is 13.2 Å². The first-order valence-electron chi connectivity index (χ1n) is 3.59. The molecule has 0 aromatic carbocycles. The molecule has 2 nitrogen and oxygen atoms in total. The van der Waals surface area contributed by atoms with Crippen molar-refractivity contribution in [3.05, 3.63) is 0 Å². The van der Waals surface area contributed by atoms with Gasteiger partial charge in [0.15, 0.2) is 0 Å². The Bertz CT molecular complexity index is 81.0. The minimum atomic E-state index is 0.295. The van der Waals surface area contributed by atoms with Gasteiger partial charge in [-0.15, -0.1) is 0 Å². The van der Waals surface area contributed by atoms with E-state index in [1.807, 2.05) is 0 Å². The highest BCUT2D eigenvalue weighted by molar-refractivity contribution is 4.79. The molecule has 54 valence electrons. The molecule has 1 saturated carbocycles. The highest BCUT2D eigenvalue weighted by Crippen LogP contribution is 2.28. The van der Waals surface area contributed by atoms with Gasteiger partial charge in [-0.1, -0.05) is 6.42 Å². The molecule has 0 amide bonds. The van der Waals surface area contributed by atoms with Crippen molar-refractivity contribution in [3.8, 4) is 0 Å². The number of nitrogens with two attached hydrogens (primary N) is 1. The van der Waals surface area contributed by atoms with E-state index in [9.17, 15) is 0 Å². The molecule has 2 N–H and O–H groups in total. The van der Waals surface area contributed by atoms with Gasteiger partial charge in [0.1, 0.15) is 0 Å². The molecule has 1 aliphatic rings. The molecule has 0 radical (unpaired) electrons. The average molecular weight is 129 g/mol. The molecule has 0 bridgehead atoms. The molecular formula is C7H15NO. The Morgan fingerprint density at radius 1 is 1.67 bits per heavy atom. The van der Waals surface area contributed by atoms with Crippen molar-refractivity contribution < 1.29 is 4.74 Å². The standard InChI is InChI=1S/C7H15NO/c1-9-5-7(8)6-3-2-4-6/h6-7H,2-5,8H2,1H3. The lowest BCUT2D eigenvalue weighted by Gasteiger charge is -2.30. The Labute approximate surface area is 56.4 Å². The quantitative estimate of drug-likeness (QED) is 0.610. The van der Waals surface area contributed by atoms with Crippen LogP contribution >= 0.6 is 0 Å². The van der Waals surface area contributed by atoms with Crippen LogP contribution in [0.15, 0.2) is 0 Å². The first-order valence-corrected chi connectivity index (χ1v) is 3.59. The third-order valence-corrected chi connectivity index (χ3v) is 2.11. The van der Waals surface area contributed by atoms with Crippen LogP contribution in [-0.4, -0.2) is 19.8 Å². The second-order valence-electron chi connectivity index (χ2n) is 2.81. The Kier molecular flexibility index (Phi) is 2.49. The van der Waals surface area contributed by atoms with Gasteiger partial charge in [-0.25, -0.2) is 0 Å². The summed E-state index contributed by atoms with van der Waals surface area (Å²) in [6.07, 6.45) is 3.98. The monoisotopic (exact) mass is 129 g/mol. The maximum Gasteiger partial charge on any atom is 0.0616 e. The number of hydrogen-bond acceptors (Lipinski definition) is 2. The van der Waals surface area contributed by atoms with Crippen molar-refractivity contribution in [1.29, 1.82) is 0 Å². The van der Waals surface area contributed by atoms with Crippen LogP contribution in [0.25, 0.3) is 0 Å². The van der Waals surface area contributed by atoms with Crippen LogP contribution in [0.5, 0.6) is 0 Å². The van der Waals surface area contributed by atoms with Gasteiger partial charge >= 0.3 is 0 Å².